The smallest absolute Gasteiger partial charge is 0.233 e. The largest absolute Gasteiger partial charge is 0.454 e. The first-order valence-electron chi connectivity index (χ1n) is 9.81. The Balaban J connectivity index is 1.39. The lowest BCUT2D eigenvalue weighted by molar-refractivity contribution is -0.118. The molecule has 4 aromatic rings. The monoisotopic (exact) mass is 448 g/mol. The Morgan fingerprint density at radius 3 is 2.75 bits per heavy atom. The van der Waals surface area contributed by atoms with E-state index in [1.54, 1.807) is 35.6 Å². The van der Waals surface area contributed by atoms with Crippen LogP contribution >= 0.6 is 11.3 Å². The van der Waals surface area contributed by atoms with Gasteiger partial charge in [-0.3, -0.25) is 14.8 Å². The van der Waals surface area contributed by atoms with Crippen LogP contribution < -0.4 is 14.4 Å². The van der Waals surface area contributed by atoms with Gasteiger partial charge in [0.1, 0.15) is 16.5 Å². The van der Waals surface area contributed by atoms with Crippen molar-refractivity contribution in [3.05, 3.63) is 83.5 Å². The molecule has 3 heterocycles. The van der Waals surface area contributed by atoms with E-state index < -0.39 is 0 Å². The Morgan fingerprint density at radius 2 is 1.94 bits per heavy atom. The van der Waals surface area contributed by atoms with E-state index in [4.69, 9.17) is 9.47 Å². The SMILES string of the molecule is O=C(Cc1csc(-c2cnccn2)n1)N(Cc1ccc2c(c1)OCO2)c1ccc(F)cc1. The molecule has 0 saturated heterocycles. The Kier molecular flexibility index (Phi) is 5.47. The van der Waals surface area contributed by atoms with Crippen molar-refractivity contribution >= 4 is 22.9 Å². The minimum atomic E-state index is -0.364. The van der Waals surface area contributed by atoms with Crippen LogP contribution in [-0.2, 0) is 17.8 Å². The van der Waals surface area contributed by atoms with Crippen LogP contribution in [0.25, 0.3) is 10.7 Å². The molecule has 7 nitrogen and oxygen atoms in total. The Morgan fingerprint density at radius 1 is 1.09 bits per heavy atom. The van der Waals surface area contributed by atoms with Gasteiger partial charge in [-0.2, -0.15) is 0 Å². The normalized spacial score (nSPS) is 12.0. The Labute approximate surface area is 187 Å². The van der Waals surface area contributed by atoms with Crippen molar-refractivity contribution in [3.8, 4) is 22.2 Å². The van der Waals surface area contributed by atoms with Crippen LogP contribution in [-0.4, -0.2) is 27.7 Å². The first-order chi connectivity index (χ1) is 15.7. The summed E-state index contributed by atoms with van der Waals surface area (Å²) < 4.78 is 24.3. The number of halogens is 1. The molecule has 0 fully saturated rings. The van der Waals surface area contributed by atoms with E-state index in [1.165, 1.54) is 23.5 Å². The minimum Gasteiger partial charge on any atom is -0.454 e. The van der Waals surface area contributed by atoms with Crippen molar-refractivity contribution in [1.29, 1.82) is 0 Å². The molecule has 0 atom stereocenters. The van der Waals surface area contributed by atoms with Gasteiger partial charge < -0.3 is 14.4 Å². The Bertz CT molecular complexity index is 1250. The average molecular weight is 448 g/mol. The predicted molar refractivity (Wildman–Crippen MR) is 117 cm³/mol. The quantitative estimate of drug-likeness (QED) is 0.439. The second-order valence-corrected chi connectivity index (χ2v) is 7.91. The number of benzene rings is 2. The number of hydrogen-bond donors (Lipinski definition) is 0. The summed E-state index contributed by atoms with van der Waals surface area (Å²) in [5.41, 5.74) is 2.76. The van der Waals surface area contributed by atoms with E-state index in [9.17, 15) is 9.18 Å². The molecule has 160 valence electrons. The van der Waals surface area contributed by atoms with Crippen LogP contribution in [0.1, 0.15) is 11.3 Å². The zero-order valence-electron chi connectivity index (χ0n) is 16.8. The topological polar surface area (TPSA) is 77.4 Å². The molecule has 0 radical (unpaired) electrons. The highest BCUT2D eigenvalue weighted by Crippen LogP contribution is 2.33. The summed E-state index contributed by atoms with van der Waals surface area (Å²) in [7, 11) is 0. The number of anilines is 1. The van der Waals surface area contributed by atoms with Crippen LogP contribution in [0.2, 0.25) is 0 Å². The number of amides is 1. The molecule has 9 heteroatoms. The molecular formula is C23H17FN4O3S. The summed E-state index contributed by atoms with van der Waals surface area (Å²) in [6, 6.07) is 11.4. The molecular weight excluding hydrogens is 431 g/mol. The van der Waals surface area contributed by atoms with Gasteiger partial charge in [-0.15, -0.1) is 11.3 Å². The highest BCUT2D eigenvalue weighted by Gasteiger charge is 2.21. The van der Waals surface area contributed by atoms with Gasteiger partial charge in [0.25, 0.3) is 0 Å². The van der Waals surface area contributed by atoms with Crippen LogP contribution in [0, 0.1) is 5.82 Å². The molecule has 0 bridgehead atoms. The summed E-state index contributed by atoms with van der Waals surface area (Å²) in [6.07, 6.45) is 4.93. The number of fused-ring (bicyclic) bond motifs is 1. The third-order valence-corrected chi connectivity index (χ3v) is 5.80. The molecule has 2 aromatic carbocycles. The fourth-order valence-electron chi connectivity index (χ4n) is 3.33. The van der Waals surface area contributed by atoms with Gasteiger partial charge in [-0.25, -0.2) is 9.37 Å². The van der Waals surface area contributed by atoms with Gasteiger partial charge in [-0.1, -0.05) is 6.07 Å². The summed E-state index contributed by atoms with van der Waals surface area (Å²) in [5, 5.41) is 2.54. The molecule has 0 saturated carbocycles. The summed E-state index contributed by atoms with van der Waals surface area (Å²) in [4.78, 5) is 27.7. The Hall–Kier alpha value is -3.85. The van der Waals surface area contributed by atoms with E-state index in [1.807, 2.05) is 23.6 Å². The molecule has 1 aliphatic rings. The van der Waals surface area contributed by atoms with E-state index in [0.717, 1.165) is 5.56 Å². The van der Waals surface area contributed by atoms with Crippen LogP contribution in [0.3, 0.4) is 0 Å². The molecule has 0 spiro atoms. The lowest BCUT2D eigenvalue weighted by Gasteiger charge is -2.23. The van der Waals surface area contributed by atoms with Gasteiger partial charge in [0.15, 0.2) is 11.5 Å². The highest BCUT2D eigenvalue weighted by molar-refractivity contribution is 7.13. The first kappa shape index (κ1) is 20.1. The van der Waals surface area contributed by atoms with Crippen molar-refractivity contribution in [2.24, 2.45) is 0 Å². The second kappa shape index (κ2) is 8.72. The van der Waals surface area contributed by atoms with E-state index in [0.29, 0.717) is 40.1 Å². The van der Waals surface area contributed by atoms with E-state index in [2.05, 4.69) is 15.0 Å². The minimum absolute atomic E-state index is 0.0959. The summed E-state index contributed by atoms with van der Waals surface area (Å²) in [5.74, 6) is 0.789. The number of aromatic nitrogens is 3. The summed E-state index contributed by atoms with van der Waals surface area (Å²) >= 11 is 1.41. The highest BCUT2D eigenvalue weighted by atomic mass is 32.1. The lowest BCUT2D eigenvalue weighted by Crippen LogP contribution is -2.31. The number of nitrogens with zero attached hydrogens (tertiary/aromatic N) is 4. The molecule has 0 unspecified atom stereocenters. The van der Waals surface area contributed by atoms with Crippen molar-refractivity contribution in [2.45, 2.75) is 13.0 Å². The van der Waals surface area contributed by atoms with Crippen molar-refractivity contribution in [2.75, 3.05) is 11.7 Å². The van der Waals surface area contributed by atoms with Gasteiger partial charge in [-0.05, 0) is 42.0 Å². The maximum absolute atomic E-state index is 13.5. The number of ether oxygens (including phenoxy) is 2. The standard InChI is InChI=1S/C23H17FN4O3S/c24-16-2-4-18(5-3-16)28(12-15-1-6-20-21(9-15)31-14-30-20)22(29)10-17-13-32-23(27-17)19-11-25-7-8-26-19/h1-9,11,13H,10,12,14H2. The maximum Gasteiger partial charge on any atom is 0.233 e. The number of hydrogen-bond acceptors (Lipinski definition) is 7. The number of rotatable bonds is 6. The number of thiazole rings is 1. The molecule has 32 heavy (non-hydrogen) atoms. The maximum atomic E-state index is 13.5. The fourth-order valence-corrected chi connectivity index (χ4v) is 4.11. The third kappa shape index (κ3) is 4.28. The fraction of sp³-hybridized carbons (Fsp3) is 0.130. The van der Waals surface area contributed by atoms with Gasteiger partial charge in [0.05, 0.1) is 24.9 Å². The molecule has 0 N–H and O–H groups in total. The van der Waals surface area contributed by atoms with Gasteiger partial charge in [0.2, 0.25) is 12.7 Å². The molecule has 1 amide bonds. The van der Waals surface area contributed by atoms with Crippen molar-refractivity contribution < 1.29 is 18.7 Å². The molecule has 1 aliphatic heterocycles. The zero-order valence-corrected chi connectivity index (χ0v) is 17.6. The molecule has 2 aromatic heterocycles. The average Bonchev–Trinajstić information content (AvgIpc) is 3.48. The lowest BCUT2D eigenvalue weighted by atomic mass is 10.1. The van der Waals surface area contributed by atoms with Crippen molar-refractivity contribution in [1.82, 2.24) is 15.0 Å². The predicted octanol–water partition coefficient (Wildman–Crippen LogP) is 4.24. The zero-order chi connectivity index (χ0) is 21.9. The van der Waals surface area contributed by atoms with Crippen LogP contribution in [0.4, 0.5) is 10.1 Å². The summed E-state index contributed by atoms with van der Waals surface area (Å²) in [6.45, 7) is 0.472. The van der Waals surface area contributed by atoms with Crippen molar-refractivity contribution in [3.63, 3.8) is 0 Å². The molecule has 0 aliphatic carbocycles. The van der Waals surface area contributed by atoms with Gasteiger partial charge in [0, 0.05) is 23.5 Å². The van der Waals surface area contributed by atoms with Crippen LogP contribution in [0.5, 0.6) is 11.5 Å². The number of carbonyl (C=O) groups is 1. The van der Waals surface area contributed by atoms with E-state index >= 15 is 0 Å². The second-order valence-electron chi connectivity index (χ2n) is 7.06. The van der Waals surface area contributed by atoms with E-state index in [-0.39, 0.29) is 24.9 Å². The molecule has 5 rings (SSSR count). The van der Waals surface area contributed by atoms with Crippen LogP contribution in [0.15, 0.2) is 66.4 Å². The third-order valence-electron chi connectivity index (χ3n) is 4.88. The van der Waals surface area contributed by atoms with Gasteiger partial charge >= 0.3 is 0 Å². The first-order valence-corrected chi connectivity index (χ1v) is 10.7. The number of carbonyl (C=O) groups excluding carboxylic acids is 1.